The number of aromatic amines is 1. The predicted molar refractivity (Wildman–Crippen MR) is 94.9 cm³/mol. The molecule has 2 aromatic heterocycles. The van der Waals surface area contributed by atoms with Gasteiger partial charge in [-0.2, -0.15) is 0 Å². The fourth-order valence-electron chi connectivity index (χ4n) is 3.09. The Morgan fingerprint density at radius 2 is 2.04 bits per heavy atom. The summed E-state index contributed by atoms with van der Waals surface area (Å²) in [4.78, 5) is 20.3. The van der Waals surface area contributed by atoms with Crippen LogP contribution in [0.1, 0.15) is 29.1 Å². The van der Waals surface area contributed by atoms with Gasteiger partial charge in [-0.15, -0.1) is 0 Å². The Bertz CT molecular complexity index is 1040. The molecule has 0 unspecified atom stereocenters. The molecule has 2 heterocycles. The average Bonchev–Trinajstić information content (AvgIpc) is 3.19. The zero-order valence-corrected chi connectivity index (χ0v) is 13.6. The zero-order valence-electron chi connectivity index (χ0n) is 13.6. The third kappa shape index (κ3) is 2.34. The molecule has 0 bridgehead atoms. The molecule has 0 radical (unpaired) electrons. The number of hydrogen-bond acceptors (Lipinski definition) is 2. The molecule has 24 heavy (non-hydrogen) atoms. The van der Waals surface area contributed by atoms with Crippen LogP contribution in [0.5, 0.6) is 0 Å². The normalized spacial score (nSPS) is 12.6. The lowest BCUT2D eigenvalue weighted by Crippen LogP contribution is -2.28. The minimum absolute atomic E-state index is 0.106. The van der Waals surface area contributed by atoms with E-state index in [1.54, 1.807) is 0 Å². The number of carbonyl (C=O) groups is 1. The molecular formula is C19H18N4O. The Morgan fingerprint density at radius 3 is 2.88 bits per heavy atom. The van der Waals surface area contributed by atoms with Gasteiger partial charge in [0.1, 0.15) is 5.82 Å². The summed E-state index contributed by atoms with van der Waals surface area (Å²) in [5, 5.41) is 4.13. The second-order valence-electron chi connectivity index (χ2n) is 5.99. The quantitative estimate of drug-likeness (QED) is 0.607. The van der Waals surface area contributed by atoms with E-state index in [0.717, 1.165) is 27.8 Å². The van der Waals surface area contributed by atoms with Crippen molar-refractivity contribution in [1.29, 1.82) is 0 Å². The topological polar surface area (TPSA) is 62.7 Å². The molecule has 0 aliphatic heterocycles. The van der Waals surface area contributed by atoms with E-state index in [-0.39, 0.29) is 11.9 Å². The van der Waals surface area contributed by atoms with Crippen molar-refractivity contribution in [2.75, 3.05) is 0 Å². The Hall–Kier alpha value is -3.08. The molecule has 4 aromatic rings. The van der Waals surface area contributed by atoms with Gasteiger partial charge in [0.25, 0.3) is 5.91 Å². The van der Waals surface area contributed by atoms with Crippen molar-refractivity contribution < 1.29 is 4.79 Å². The molecule has 5 heteroatoms. The van der Waals surface area contributed by atoms with Gasteiger partial charge in [-0.05, 0) is 42.6 Å². The van der Waals surface area contributed by atoms with E-state index in [2.05, 4.69) is 15.3 Å². The van der Waals surface area contributed by atoms with E-state index in [1.165, 1.54) is 0 Å². The summed E-state index contributed by atoms with van der Waals surface area (Å²) in [7, 11) is 1.97. The van der Waals surface area contributed by atoms with Crippen molar-refractivity contribution >= 4 is 27.8 Å². The molecule has 5 nitrogen and oxygen atoms in total. The van der Waals surface area contributed by atoms with Crippen molar-refractivity contribution in [2.45, 2.75) is 13.0 Å². The van der Waals surface area contributed by atoms with Crippen LogP contribution in [0.3, 0.4) is 0 Å². The van der Waals surface area contributed by atoms with Crippen LogP contribution < -0.4 is 5.32 Å². The summed E-state index contributed by atoms with van der Waals surface area (Å²) in [5.74, 6) is 0.733. The maximum atomic E-state index is 12.6. The monoisotopic (exact) mass is 318 g/mol. The molecule has 0 saturated heterocycles. The summed E-state index contributed by atoms with van der Waals surface area (Å²) >= 11 is 0. The number of carbonyl (C=O) groups excluding carboxylic acids is 1. The molecule has 1 atom stereocenters. The van der Waals surface area contributed by atoms with Crippen LogP contribution >= 0.6 is 0 Å². The summed E-state index contributed by atoms with van der Waals surface area (Å²) in [5.41, 5.74) is 3.58. The van der Waals surface area contributed by atoms with Gasteiger partial charge in [-0.1, -0.05) is 18.2 Å². The number of nitrogens with zero attached hydrogens (tertiary/aromatic N) is 2. The molecule has 2 N–H and O–H groups in total. The fourth-order valence-corrected chi connectivity index (χ4v) is 3.09. The second-order valence-corrected chi connectivity index (χ2v) is 5.99. The molecule has 0 spiro atoms. The molecule has 0 fully saturated rings. The van der Waals surface area contributed by atoms with Crippen molar-refractivity contribution in [3.05, 3.63) is 66.1 Å². The molecule has 4 rings (SSSR count). The summed E-state index contributed by atoms with van der Waals surface area (Å²) in [6.45, 7) is 1.95. The highest BCUT2D eigenvalue weighted by Crippen LogP contribution is 2.20. The van der Waals surface area contributed by atoms with Crippen LogP contribution in [0.4, 0.5) is 0 Å². The molecule has 0 saturated carbocycles. The largest absolute Gasteiger partial charge is 0.361 e. The number of hydrogen-bond donors (Lipinski definition) is 2. The first-order valence-corrected chi connectivity index (χ1v) is 7.93. The molecule has 2 aromatic carbocycles. The van der Waals surface area contributed by atoms with Gasteiger partial charge in [0.05, 0.1) is 17.1 Å². The van der Waals surface area contributed by atoms with E-state index >= 15 is 0 Å². The van der Waals surface area contributed by atoms with Crippen molar-refractivity contribution in [3.63, 3.8) is 0 Å². The number of para-hydroxylation sites is 2. The van der Waals surface area contributed by atoms with Crippen LogP contribution in [0.15, 0.2) is 54.7 Å². The van der Waals surface area contributed by atoms with Crippen LogP contribution in [-0.4, -0.2) is 20.4 Å². The van der Waals surface area contributed by atoms with Gasteiger partial charge >= 0.3 is 0 Å². The van der Waals surface area contributed by atoms with Gasteiger partial charge in [-0.3, -0.25) is 4.79 Å². The Morgan fingerprint density at radius 1 is 1.21 bits per heavy atom. The summed E-state index contributed by atoms with van der Waals surface area (Å²) in [6.07, 6.45) is 1.87. The maximum Gasteiger partial charge on any atom is 0.251 e. The van der Waals surface area contributed by atoms with Gasteiger partial charge in [0.2, 0.25) is 0 Å². The highest BCUT2D eigenvalue weighted by molar-refractivity contribution is 5.98. The zero-order chi connectivity index (χ0) is 16.7. The first kappa shape index (κ1) is 14.5. The van der Waals surface area contributed by atoms with E-state index in [9.17, 15) is 4.79 Å². The number of fused-ring (bicyclic) bond motifs is 2. The highest BCUT2D eigenvalue weighted by Gasteiger charge is 2.17. The fraction of sp³-hybridized carbons (Fsp3) is 0.158. The maximum absolute atomic E-state index is 12.6. The Labute approximate surface area is 139 Å². The SMILES string of the molecule is C[C@H](NC(=O)c1ccc2cc[nH]c2c1)c1nc2ccccc2n1C. The summed E-state index contributed by atoms with van der Waals surface area (Å²) < 4.78 is 2.02. The van der Waals surface area contributed by atoms with E-state index < -0.39 is 0 Å². The van der Waals surface area contributed by atoms with Crippen molar-refractivity contribution in [3.8, 4) is 0 Å². The number of aromatic nitrogens is 3. The molecule has 0 aliphatic rings. The third-order valence-corrected chi connectivity index (χ3v) is 4.37. The molecule has 120 valence electrons. The molecule has 1 amide bonds. The van der Waals surface area contributed by atoms with Crippen molar-refractivity contribution in [1.82, 2.24) is 19.9 Å². The first-order chi connectivity index (χ1) is 11.6. The number of benzene rings is 2. The van der Waals surface area contributed by atoms with E-state index in [0.29, 0.717) is 5.56 Å². The number of rotatable bonds is 3. The lowest BCUT2D eigenvalue weighted by molar-refractivity contribution is 0.0938. The smallest absolute Gasteiger partial charge is 0.251 e. The Balaban J connectivity index is 1.61. The molecule has 0 aliphatic carbocycles. The highest BCUT2D eigenvalue weighted by atomic mass is 16.1. The van der Waals surface area contributed by atoms with Crippen LogP contribution in [0.2, 0.25) is 0 Å². The summed E-state index contributed by atoms with van der Waals surface area (Å²) in [6, 6.07) is 15.4. The second kappa shape index (κ2) is 5.53. The Kier molecular flexibility index (Phi) is 3.34. The average molecular weight is 318 g/mol. The first-order valence-electron chi connectivity index (χ1n) is 7.93. The number of nitrogens with one attached hydrogen (secondary N) is 2. The van der Waals surface area contributed by atoms with Crippen LogP contribution in [-0.2, 0) is 7.05 Å². The molecular weight excluding hydrogens is 300 g/mol. The predicted octanol–water partition coefficient (Wildman–Crippen LogP) is 3.55. The number of H-pyrrole nitrogens is 1. The third-order valence-electron chi connectivity index (χ3n) is 4.37. The van der Waals surface area contributed by atoms with Gasteiger partial charge in [0, 0.05) is 24.3 Å². The van der Waals surface area contributed by atoms with Gasteiger partial charge in [0.15, 0.2) is 0 Å². The van der Waals surface area contributed by atoms with E-state index in [4.69, 9.17) is 0 Å². The minimum Gasteiger partial charge on any atom is -0.361 e. The van der Waals surface area contributed by atoms with Crippen molar-refractivity contribution in [2.24, 2.45) is 7.05 Å². The lowest BCUT2D eigenvalue weighted by Gasteiger charge is -2.14. The minimum atomic E-state index is -0.186. The van der Waals surface area contributed by atoms with Crippen LogP contribution in [0, 0.1) is 0 Å². The number of imidazole rings is 1. The van der Waals surface area contributed by atoms with Gasteiger partial charge < -0.3 is 14.9 Å². The number of amides is 1. The lowest BCUT2D eigenvalue weighted by atomic mass is 10.1. The standard InChI is InChI=1S/C19H18N4O/c1-12(18-22-15-5-3-4-6-17(15)23(18)2)21-19(24)14-8-7-13-9-10-20-16(13)11-14/h3-12,20H,1-2H3,(H,21,24)/t12-/m0/s1. The van der Waals surface area contributed by atoms with Gasteiger partial charge in [-0.25, -0.2) is 4.98 Å². The van der Waals surface area contributed by atoms with E-state index in [1.807, 2.05) is 73.3 Å². The van der Waals surface area contributed by atoms with Crippen LogP contribution in [0.25, 0.3) is 21.9 Å². The number of aryl methyl sites for hydroxylation is 1.